The molecule has 198 valence electrons. The molecule has 37 heavy (non-hydrogen) atoms. The van der Waals surface area contributed by atoms with Crippen LogP contribution in [0.2, 0.25) is 0 Å². The molecule has 3 nitrogen and oxygen atoms in total. The molecule has 0 saturated carbocycles. The minimum Gasteiger partial charge on any atom is -0.489 e. The number of aliphatic hydroxyl groups is 1. The lowest BCUT2D eigenvalue weighted by Gasteiger charge is -2.32. The molecule has 3 heteroatoms. The number of unbranched alkanes of at least 4 members (excludes halogenated alkanes) is 2. The van der Waals surface area contributed by atoms with Gasteiger partial charge in [-0.15, -0.1) is 0 Å². The number of hydrogen-bond donors (Lipinski definition) is 1. The normalized spacial score (nSPS) is 12.6. The monoisotopic (exact) mass is 499 g/mol. The standard InChI is InChI=1S/C34H45NO2/c1-27(2)35(28(3)4)23-22-32(31-18-12-8-13-19-31)33-25-29(15-9-5-6-14-24-36)20-21-34(33)37-26-30-16-10-7-11-17-30/h7-13,15-21,25,27-28,32,36H,5-6,14,22-24,26H2,1-4H3. The zero-order chi connectivity index (χ0) is 26.5. The number of rotatable bonds is 15. The molecule has 0 fully saturated rings. The van der Waals surface area contributed by atoms with Crippen molar-refractivity contribution >= 4 is 6.08 Å². The molecule has 3 aromatic carbocycles. The lowest BCUT2D eigenvalue weighted by Crippen LogP contribution is -2.38. The van der Waals surface area contributed by atoms with Crippen molar-refractivity contribution in [1.29, 1.82) is 0 Å². The van der Waals surface area contributed by atoms with Crippen LogP contribution < -0.4 is 4.74 Å². The quantitative estimate of drug-likeness (QED) is 0.215. The minimum atomic E-state index is 0.231. The van der Waals surface area contributed by atoms with Crippen LogP contribution in [0, 0.1) is 0 Å². The van der Waals surface area contributed by atoms with Crippen LogP contribution in [0.15, 0.2) is 84.9 Å². The van der Waals surface area contributed by atoms with E-state index in [1.54, 1.807) is 0 Å². The fourth-order valence-electron chi connectivity index (χ4n) is 4.98. The number of nitrogens with zero attached hydrogens (tertiary/aromatic N) is 1. The van der Waals surface area contributed by atoms with Gasteiger partial charge >= 0.3 is 0 Å². The number of benzene rings is 3. The largest absolute Gasteiger partial charge is 0.489 e. The van der Waals surface area contributed by atoms with E-state index in [9.17, 15) is 0 Å². The molecule has 1 atom stereocenters. The number of aliphatic hydroxyl groups excluding tert-OH is 1. The van der Waals surface area contributed by atoms with Crippen LogP contribution in [0.25, 0.3) is 6.08 Å². The third-order valence-electron chi connectivity index (χ3n) is 6.94. The molecule has 3 aromatic rings. The summed E-state index contributed by atoms with van der Waals surface area (Å²) in [5.74, 6) is 1.19. The van der Waals surface area contributed by atoms with Crippen LogP contribution in [0.5, 0.6) is 5.75 Å². The predicted molar refractivity (Wildman–Crippen MR) is 157 cm³/mol. The van der Waals surface area contributed by atoms with Crippen molar-refractivity contribution in [2.75, 3.05) is 13.2 Å². The fraction of sp³-hybridized carbons (Fsp3) is 0.412. The second kappa shape index (κ2) is 15.4. The summed E-state index contributed by atoms with van der Waals surface area (Å²) in [6.07, 6.45) is 8.27. The topological polar surface area (TPSA) is 32.7 Å². The van der Waals surface area contributed by atoms with Crippen molar-refractivity contribution in [1.82, 2.24) is 4.90 Å². The first-order valence-corrected chi connectivity index (χ1v) is 13.9. The Morgan fingerprint density at radius 1 is 0.838 bits per heavy atom. The highest BCUT2D eigenvalue weighted by molar-refractivity contribution is 5.55. The van der Waals surface area contributed by atoms with E-state index in [0.717, 1.165) is 38.0 Å². The average molecular weight is 500 g/mol. The summed E-state index contributed by atoms with van der Waals surface area (Å²) in [5.41, 5.74) is 4.93. The summed E-state index contributed by atoms with van der Waals surface area (Å²) in [6.45, 7) is 11.0. The van der Waals surface area contributed by atoms with E-state index in [2.05, 4.69) is 118 Å². The van der Waals surface area contributed by atoms with Gasteiger partial charge in [0.1, 0.15) is 12.4 Å². The molecule has 0 aliphatic carbocycles. The van der Waals surface area contributed by atoms with Crippen LogP contribution in [0.3, 0.4) is 0 Å². The Hall–Kier alpha value is -2.88. The fourth-order valence-corrected chi connectivity index (χ4v) is 4.98. The van der Waals surface area contributed by atoms with E-state index in [-0.39, 0.29) is 12.5 Å². The van der Waals surface area contributed by atoms with E-state index < -0.39 is 0 Å². The highest BCUT2D eigenvalue weighted by Crippen LogP contribution is 2.36. The Balaban J connectivity index is 1.95. The van der Waals surface area contributed by atoms with Gasteiger partial charge in [0.25, 0.3) is 0 Å². The van der Waals surface area contributed by atoms with Crippen molar-refractivity contribution in [2.45, 2.75) is 78.0 Å². The molecule has 0 radical (unpaired) electrons. The summed E-state index contributed by atoms with van der Waals surface area (Å²) >= 11 is 0. The molecular formula is C34H45NO2. The highest BCUT2D eigenvalue weighted by atomic mass is 16.5. The third kappa shape index (κ3) is 9.18. The van der Waals surface area contributed by atoms with Gasteiger partial charge in [-0.3, -0.25) is 4.90 Å². The molecule has 0 aliphatic rings. The van der Waals surface area contributed by atoms with Gasteiger partial charge < -0.3 is 9.84 Å². The van der Waals surface area contributed by atoms with Crippen LogP contribution in [0.4, 0.5) is 0 Å². The van der Waals surface area contributed by atoms with E-state index in [4.69, 9.17) is 9.84 Å². The van der Waals surface area contributed by atoms with Crippen LogP contribution in [0.1, 0.15) is 81.5 Å². The zero-order valence-electron chi connectivity index (χ0n) is 23.1. The van der Waals surface area contributed by atoms with Gasteiger partial charge in [0.05, 0.1) is 0 Å². The van der Waals surface area contributed by atoms with Gasteiger partial charge in [-0.1, -0.05) is 78.9 Å². The van der Waals surface area contributed by atoms with Crippen LogP contribution >= 0.6 is 0 Å². The molecule has 1 unspecified atom stereocenters. The van der Waals surface area contributed by atoms with E-state index in [1.165, 1.54) is 22.3 Å². The van der Waals surface area contributed by atoms with Gasteiger partial charge in [0.15, 0.2) is 0 Å². The maximum Gasteiger partial charge on any atom is 0.123 e. The van der Waals surface area contributed by atoms with Gasteiger partial charge in [0.2, 0.25) is 0 Å². The first-order valence-electron chi connectivity index (χ1n) is 13.9. The molecule has 0 amide bonds. The molecule has 0 aliphatic heterocycles. The van der Waals surface area contributed by atoms with E-state index in [1.807, 2.05) is 6.07 Å². The Labute approximate surface area is 224 Å². The Morgan fingerprint density at radius 3 is 2.16 bits per heavy atom. The van der Waals surface area contributed by atoms with Crippen molar-refractivity contribution in [3.63, 3.8) is 0 Å². The lowest BCUT2D eigenvalue weighted by molar-refractivity contribution is 0.170. The molecule has 0 saturated heterocycles. The molecule has 0 heterocycles. The second-order valence-corrected chi connectivity index (χ2v) is 10.4. The van der Waals surface area contributed by atoms with Crippen molar-refractivity contribution < 1.29 is 9.84 Å². The molecule has 0 spiro atoms. The molecular weight excluding hydrogens is 454 g/mol. The first kappa shape index (κ1) is 28.7. The Bertz CT molecular complexity index is 1050. The summed E-state index contributed by atoms with van der Waals surface area (Å²) in [4.78, 5) is 2.57. The van der Waals surface area contributed by atoms with Crippen molar-refractivity contribution in [2.24, 2.45) is 0 Å². The first-order chi connectivity index (χ1) is 18.0. The molecule has 0 bridgehead atoms. The van der Waals surface area contributed by atoms with E-state index >= 15 is 0 Å². The minimum absolute atomic E-state index is 0.231. The van der Waals surface area contributed by atoms with Crippen LogP contribution in [-0.2, 0) is 6.61 Å². The zero-order valence-corrected chi connectivity index (χ0v) is 23.1. The second-order valence-electron chi connectivity index (χ2n) is 10.4. The van der Waals surface area contributed by atoms with Crippen molar-refractivity contribution in [3.8, 4) is 5.75 Å². The van der Waals surface area contributed by atoms with Crippen molar-refractivity contribution in [3.05, 3.63) is 107 Å². The van der Waals surface area contributed by atoms with Gasteiger partial charge in [0, 0.05) is 30.2 Å². The number of ether oxygens (including phenoxy) is 1. The smallest absolute Gasteiger partial charge is 0.123 e. The number of hydrogen-bond acceptors (Lipinski definition) is 3. The SMILES string of the molecule is CC(C)N(CCC(c1ccccc1)c1cc(C=CCCCCO)ccc1OCc1ccccc1)C(C)C. The summed E-state index contributed by atoms with van der Waals surface area (Å²) < 4.78 is 6.47. The Morgan fingerprint density at radius 2 is 1.51 bits per heavy atom. The predicted octanol–water partition coefficient (Wildman–Crippen LogP) is 8.08. The highest BCUT2D eigenvalue weighted by Gasteiger charge is 2.22. The number of allylic oxidation sites excluding steroid dienone is 1. The maximum absolute atomic E-state index is 9.07. The molecule has 1 N–H and O–H groups in total. The molecule has 3 rings (SSSR count). The third-order valence-corrected chi connectivity index (χ3v) is 6.94. The average Bonchev–Trinajstić information content (AvgIpc) is 2.91. The van der Waals surface area contributed by atoms with Gasteiger partial charge in [-0.25, -0.2) is 0 Å². The van der Waals surface area contributed by atoms with E-state index in [0.29, 0.717) is 18.7 Å². The summed E-state index contributed by atoms with van der Waals surface area (Å²) in [7, 11) is 0. The summed E-state index contributed by atoms with van der Waals surface area (Å²) in [6, 6.07) is 28.9. The maximum atomic E-state index is 9.07. The van der Waals surface area contributed by atoms with Gasteiger partial charge in [-0.05, 0) is 88.7 Å². The lowest BCUT2D eigenvalue weighted by atomic mass is 9.86. The van der Waals surface area contributed by atoms with Gasteiger partial charge in [-0.2, -0.15) is 0 Å². The summed E-state index contributed by atoms with van der Waals surface area (Å²) in [5, 5.41) is 9.07. The van der Waals surface area contributed by atoms with Crippen LogP contribution in [-0.4, -0.2) is 35.2 Å². The molecule has 0 aromatic heterocycles. The Kier molecular flexibility index (Phi) is 11.9.